The maximum atomic E-state index is 13.2. The summed E-state index contributed by atoms with van der Waals surface area (Å²) in [6.07, 6.45) is 0.219. The first kappa shape index (κ1) is 22.7. The molecule has 2 aromatic rings. The minimum atomic E-state index is -4.09. The van der Waals surface area contributed by atoms with Crippen LogP contribution in [0.5, 0.6) is 0 Å². The van der Waals surface area contributed by atoms with Crippen LogP contribution in [-0.2, 0) is 19.6 Å². The Morgan fingerprint density at radius 1 is 1.21 bits per heavy atom. The maximum Gasteiger partial charge on any atom is 0.340 e. The van der Waals surface area contributed by atoms with Gasteiger partial charge in [-0.25, -0.2) is 13.2 Å². The topological polar surface area (TPSA) is 107 Å². The van der Waals surface area contributed by atoms with Crippen molar-refractivity contribution in [3.8, 4) is 0 Å². The monoisotopic (exact) mass is 456 g/mol. The summed E-state index contributed by atoms with van der Waals surface area (Å²) in [5.41, 5.74) is 5.22. The van der Waals surface area contributed by atoms with Gasteiger partial charge in [-0.1, -0.05) is 29.3 Å². The number of rotatable bonds is 8. The Balaban J connectivity index is 2.48. The summed E-state index contributed by atoms with van der Waals surface area (Å²) in [6, 6.07) is 9.80. The first-order valence-electron chi connectivity index (χ1n) is 8.27. The van der Waals surface area contributed by atoms with E-state index in [-0.39, 0.29) is 22.0 Å². The summed E-state index contributed by atoms with van der Waals surface area (Å²) in [7, 11) is -4.09. The number of nitrogens with zero attached hydrogens (tertiary/aromatic N) is 1. The molecule has 2 aromatic carbocycles. The van der Waals surface area contributed by atoms with Crippen LogP contribution in [-0.4, -0.2) is 32.9 Å². The van der Waals surface area contributed by atoms with Gasteiger partial charge in [0, 0.05) is 5.02 Å². The highest BCUT2D eigenvalue weighted by Gasteiger charge is 2.27. The van der Waals surface area contributed by atoms with Gasteiger partial charge in [0.25, 0.3) is 15.9 Å². The average Bonchev–Trinajstić information content (AvgIpc) is 2.66. The van der Waals surface area contributed by atoms with Gasteiger partial charge in [-0.05, 0) is 49.4 Å². The van der Waals surface area contributed by atoms with Crippen molar-refractivity contribution in [1.29, 1.82) is 0 Å². The van der Waals surface area contributed by atoms with E-state index in [9.17, 15) is 18.0 Å². The number of esters is 1. The summed E-state index contributed by atoms with van der Waals surface area (Å²) in [4.78, 5) is 23.2. The second-order valence-corrected chi connectivity index (χ2v) is 8.60. The molecule has 0 fully saturated rings. The van der Waals surface area contributed by atoms with Crippen LogP contribution in [0.4, 0.5) is 5.69 Å². The summed E-state index contributed by atoms with van der Waals surface area (Å²) in [5.74, 6) is -1.82. The Kier molecular flexibility index (Phi) is 7.29. The molecule has 2 N–H and O–H groups in total. The zero-order valence-electron chi connectivity index (χ0n) is 15.3. The number of primary amides is 1. The summed E-state index contributed by atoms with van der Waals surface area (Å²) < 4.78 is 32.4. The Labute approximate surface area is 178 Å². The van der Waals surface area contributed by atoms with E-state index >= 15 is 0 Å². The van der Waals surface area contributed by atoms with Gasteiger partial charge in [0.1, 0.15) is 0 Å². The number of carbonyl (C=O) groups excluding carboxylic acids is 2. The minimum Gasteiger partial charge on any atom is -0.449 e. The van der Waals surface area contributed by atoms with Crippen LogP contribution < -0.4 is 10.0 Å². The zero-order valence-corrected chi connectivity index (χ0v) is 17.7. The van der Waals surface area contributed by atoms with Gasteiger partial charge < -0.3 is 10.5 Å². The van der Waals surface area contributed by atoms with E-state index in [0.29, 0.717) is 10.7 Å². The van der Waals surface area contributed by atoms with Crippen LogP contribution in [0.25, 0.3) is 0 Å². The van der Waals surface area contributed by atoms with Crippen molar-refractivity contribution in [3.05, 3.63) is 70.7 Å². The van der Waals surface area contributed by atoms with Crippen molar-refractivity contribution in [2.45, 2.75) is 17.9 Å². The number of nitrogens with two attached hydrogens (primary N) is 1. The predicted molar refractivity (Wildman–Crippen MR) is 112 cm³/mol. The van der Waals surface area contributed by atoms with E-state index in [1.54, 1.807) is 24.3 Å². The highest BCUT2D eigenvalue weighted by molar-refractivity contribution is 7.92. The van der Waals surface area contributed by atoms with Crippen LogP contribution in [0.2, 0.25) is 10.0 Å². The van der Waals surface area contributed by atoms with Crippen LogP contribution in [0, 0.1) is 0 Å². The number of benzene rings is 2. The number of anilines is 1. The molecule has 10 heteroatoms. The van der Waals surface area contributed by atoms with Crippen molar-refractivity contribution in [1.82, 2.24) is 0 Å². The van der Waals surface area contributed by atoms with Crippen molar-refractivity contribution >= 4 is 50.8 Å². The van der Waals surface area contributed by atoms with Crippen LogP contribution >= 0.6 is 23.2 Å². The fourth-order valence-electron chi connectivity index (χ4n) is 2.30. The van der Waals surface area contributed by atoms with Crippen molar-refractivity contribution in [3.63, 3.8) is 0 Å². The molecule has 0 aromatic heterocycles. The lowest BCUT2D eigenvalue weighted by Crippen LogP contribution is -2.32. The van der Waals surface area contributed by atoms with Crippen molar-refractivity contribution in [2.75, 3.05) is 10.8 Å². The standard InChI is InChI=1S/C19H18Cl2N2O5S/c1-3-10-23(14-6-4-13(20)5-7-14)29(26,27)15-8-9-17(21)16(11-15)19(25)28-12(2)18(22)24/h3-9,11-12H,1,10H2,2H3,(H2,22,24)/t12-/m0/s1. The molecule has 0 bridgehead atoms. The SMILES string of the molecule is C=CCN(c1ccc(Cl)cc1)S(=O)(=O)c1ccc(Cl)c(C(=O)O[C@@H](C)C(N)=O)c1. The van der Waals surface area contributed by atoms with Gasteiger partial charge in [-0.2, -0.15) is 0 Å². The number of amides is 1. The van der Waals surface area contributed by atoms with E-state index in [0.717, 1.165) is 10.4 Å². The lowest BCUT2D eigenvalue weighted by atomic mass is 10.2. The third-order valence-corrected chi connectivity index (χ3v) is 6.21. The second-order valence-electron chi connectivity index (χ2n) is 5.89. The van der Waals surface area contributed by atoms with Crippen LogP contribution in [0.3, 0.4) is 0 Å². The van der Waals surface area contributed by atoms with Crippen molar-refractivity contribution < 1.29 is 22.7 Å². The molecule has 0 aliphatic heterocycles. The van der Waals surface area contributed by atoms with Gasteiger partial charge in [-0.15, -0.1) is 6.58 Å². The molecular weight excluding hydrogens is 439 g/mol. The first-order chi connectivity index (χ1) is 13.6. The molecule has 0 spiro atoms. The molecule has 0 heterocycles. The predicted octanol–water partition coefficient (Wildman–Crippen LogP) is 3.41. The molecule has 0 unspecified atom stereocenters. The first-order valence-corrected chi connectivity index (χ1v) is 10.5. The molecule has 0 saturated heterocycles. The summed E-state index contributed by atoms with van der Waals surface area (Å²) in [6.45, 7) is 4.86. The van der Waals surface area contributed by atoms with Gasteiger partial charge in [0.15, 0.2) is 6.10 Å². The molecule has 0 radical (unpaired) electrons. The fraction of sp³-hybridized carbons (Fsp3) is 0.158. The number of ether oxygens (including phenoxy) is 1. The van der Waals surface area contributed by atoms with Gasteiger partial charge >= 0.3 is 5.97 Å². The molecule has 29 heavy (non-hydrogen) atoms. The average molecular weight is 457 g/mol. The van der Waals surface area contributed by atoms with E-state index < -0.39 is 28.0 Å². The third-order valence-electron chi connectivity index (χ3n) is 3.84. The normalized spacial score (nSPS) is 12.1. The lowest BCUT2D eigenvalue weighted by Gasteiger charge is -2.23. The Morgan fingerprint density at radius 2 is 1.83 bits per heavy atom. The third kappa shape index (κ3) is 5.29. The van der Waals surface area contributed by atoms with Gasteiger partial charge in [-0.3, -0.25) is 9.10 Å². The smallest absolute Gasteiger partial charge is 0.340 e. The second kappa shape index (κ2) is 9.30. The molecular formula is C19H18Cl2N2O5S. The Bertz CT molecular complexity index is 1040. The lowest BCUT2D eigenvalue weighted by molar-refractivity contribution is -0.125. The Morgan fingerprint density at radius 3 is 2.38 bits per heavy atom. The number of hydrogen-bond donors (Lipinski definition) is 1. The molecule has 0 aliphatic carbocycles. The Hall–Kier alpha value is -2.55. The molecule has 1 atom stereocenters. The molecule has 7 nitrogen and oxygen atoms in total. The van der Waals surface area contributed by atoms with E-state index in [1.807, 2.05) is 0 Å². The number of carbonyl (C=O) groups is 2. The highest BCUT2D eigenvalue weighted by Crippen LogP contribution is 2.28. The van der Waals surface area contributed by atoms with Crippen molar-refractivity contribution in [2.24, 2.45) is 5.73 Å². The molecule has 2 rings (SSSR count). The molecule has 0 aliphatic rings. The molecule has 154 valence electrons. The number of sulfonamides is 1. The van der Waals surface area contributed by atoms with E-state index in [1.165, 1.54) is 25.1 Å². The molecule has 0 saturated carbocycles. The zero-order chi connectivity index (χ0) is 21.8. The molecule has 1 amide bonds. The largest absolute Gasteiger partial charge is 0.449 e. The van der Waals surface area contributed by atoms with E-state index in [4.69, 9.17) is 33.7 Å². The highest BCUT2D eigenvalue weighted by atomic mass is 35.5. The van der Waals surface area contributed by atoms with Crippen LogP contribution in [0.1, 0.15) is 17.3 Å². The van der Waals surface area contributed by atoms with Gasteiger partial charge in [0.05, 0.1) is 27.7 Å². The minimum absolute atomic E-state index is 0.0227. The van der Waals surface area contributed by atoms with Gasteiger partial charge in [0.2, 0.25) is 0 Å². The summed E-state index contributed by atoms with van der Waals surface area (Å²) >= 11 is 11.9. The maximum absolute atomic E-state index is 13.2. The quantitative estimate of drug-likeness (QED) is 0.483. The van der Waals surface area contributed by atoms with Crippen LogP contribution in [0.15, 0.2) is 60.0 Å². The van der Waals surface area contributed by atoms with E-state index in [2.05, 4.69) is 6.58 Å². The number of halogens is 2. The number of hydrogen-bond acceptors (Lipinski definition) is 5. The fourth-order valence-corrected chi connectivity index (χ4v) is 4.08. The summed E-state index contributed by atoms with van der Waals surface area (Å²) in [5, 5.41) is 0.414.